The number of halogens is 2. The van der Waals surface area contributed by atoms with Crippen LogP contribution in [-0.2, 0) is 20.6 Å². The number of rotatable bonds is 11. The van der Waals surface area contributed by atoms with Crippen LogP contribution in [0.4, 0.5) is 10.1 Å². The van der Waals surface area contributed by atoms with Crippen molar-refractivity contribution in [1.29, 1.82) is 0 Å². The highest BCUT2D eigenvalue weighted by molar-refractivity contribution is 7.98. The van der Waals surface area contributed by atoms with E-state index in [-0.39, 0.29) is 17.3 Å². The third-order valence-corrected chi connectivity index (χ3v) is 7.82. The SMILES string of the molecule is O=C(CN(c1cccc(Cl)c1)S(=O)(=O)c1ccccc1)NCCCSCc1ccc(F)cc1. The molecule has 1 amide bonds. The standard InChI is InChI=1S/C24H24ClFN2O3S2/c25-20-6-4-7-22(16-20)28(33(30,31)23-8-2-1-3-9-23)17-24(29)27-14-5-15-32-18-19-10-12-21(26)13-11-19/h1-4,6-13,16H,5,14-15,17-18H2,(H,27,29). The first-order valence-electron chi connectivity index (χ1n) is 10.3. The monoisotopic (exact) mass is 506 g/mol. The normalized spacial score (nSPS) is 11.2. The molecule has 0 aliphatic carbocycles. The molecule has 0 aliphatic rings. The van der Waals surface area contributed by atoms with E-state index in [2.05, 4.69) is 5.32 Å². The van der Waals surface area contributed by atoms with E-state index in [0.29, 0.717) is 17.3 Å². The van der Waals surface area contributed by atoms with Crippen molar-refractivity contribution < 1.29 is 17.6 Å². The molecule has 0 atom stereocenters. The minimum absolute atomic E-state index is 0.0926. The molecule has 1 N–H and O–H groups in total. The average molecular weight is 507 g/mol. The molecule has 33 heavy (non-hydrogen) atoms. The average Bonchev–Trinajstić information content (AvgIpc) is 2.81. The highest BCUT2D eigenvalue weighted by Gasteiger charge is 2.27. The second kappa shape index (κ2) is 12.1. The van der Waals surface area contributed by atoms with E-state index in [1.165, 1.54) is 30.3 Å². The molecule has 174 valence electrons. The quantitative estimate of drug-likeness (QED) is 0.367. The van der Waals surface area contributed by atoms with E-state index in [9.17, 15) is 17.6 Å². The van der Waals surface area contributed by atoms with Crippen LogP contribution in [0.2, 0.25) is 5.02 Å². The number of benzene rings is 3. The van der Waals surface area contributed by atoms with Gasteiger partial charge in [0.25, 0.3) is 10.0 Å². The van der Waals surface area contributed by atoms with Gasteiger partial charge in [-0.2, -0.15) is 11.8 Å². The molecule has 0 radical (unpaired) electrons. The highest BCUT2D eigenvalue weighted by atomic mass is 35.5. The predicted molar refractivity (Wildman–Crippen MR) is 133 cm³/mol. The van der Waals surface area contributed by atoms with Crippen molar-refractivity contribution in [2.45, 2.75) is 17.1 Å². The second-order valence-electron chi connectivity index (χ2n) is 7.19. The summed E-state index contributed by atoms with van der Waals surface area (Å²) in [4.78, 5) is 12.7. The molecule has 0 aliphatic heterocycles. The number of nitrogens with one attached hydrogen (secondary N) is 1. The van der Waals surface area contributed by atoms with E-state index < -0.39 is 15.9 Å². The molecule has 5 nitrogen and oxygen atoms in total. The molecule has 0 saturated heterocycles. The Bertz CT molecular complexity index is 1160. The number of thioether (sulfide) groups is 1. The summed E-state index contributed by atoms with van der Waals surface area (Å²) in [6.07, 6.45) is 0.722. The van der Waals surface area contributed by atoms with Crippen LogP contribution in [0.1, 0.15) is 12.0 Å². The number of hydrogen-bond acceptors (Lipinski definition) is 4. The summed E-state index contributed by atoms with van der Waals surface area (Å²) in [6.45, 7) is 0.0598. The molecule has 0 unspecified atom stereocenters. The Kier molecular flexibility index (Phi) is 9.17. The van der Waals surface area contributed by atoms with Crippen molar-refractivity contribution in [3.63, 3.8) is 0 Å². The molecule has 0 heterocycles. The molecular weight excluding hydrogens is 483 g/mol. The number of sulfonamides is 1. The lowest BCUT2D eigenvalue weighted by Gasteiger charge is -2.24. The third-order valence-electron chi connectivity index (χ3n) is 4.68. The van der Waals surface area contributed by atoms with Gasteiger partial charge in [-0.1, -0.05) is 48.0 Å². The molecule has 3 aromatic rings. The van der Waals surface area contributed by atoms with Crippen LogP contribution in [0.3, 0.4) is 0 Å². The minimum atomic E-state index is -3.96. The van der Waals surface area contributed by atoms with Gasteiger partial charge in [-0.25, -0.2) is 12.8 Å². The van der Waals surface area contributed by atoms with Gasteiger partial charge in [-0.3, -0.25) is 9.10 Å². The van der Waals surface area contributed by atoms with Crippen LogP contribution in [0.25, 0.3) is 0 Å². The Hall–Kier alpha value is -2.55. The lowest BCUT2D eigenvalue weighted by molar-refractivity contribution is -0.119. The van der Waals surface area contributed by atoms with Gasteiger partial charge in [0.05, 0.1) is 10.6 Å². The van der Waals surface area contributed by atoms with Crippen molar-refractivity contribution in [1.82, 2.24) is 5.32 Å². The fourth-order valence-corrected chi connectivity index (χ4v) is 5.56. The maximum atomic E-state index is 13.2. The van der Waals surface area contributed by atoms with E-state index in [1.54, 1.807) is 60.3 Å². The Morgan fingerprint density at radius 2 is 1.73 bits per heavy atom. The van der Waals surface area contributed by atoms with E-state index in [0.717, 1.165) is 27.8 Å². The number of carbonyl (C=O) groups is 1. The summed E-state index contributed by atoms with van der Waals surface area (Å²) in [5, 5.41) is 3.16. The molecule has 0 saturated carbocycles. The van der Waals surface area contributed by atoms with Gasteiger partial charge in [0, 0.05) is 17.3 Å². The number of carbonyl (C=O) groups excluding carboxylic acids is 1. The van der Waals surface area contributed by atoms with Crippen LogP contribution in [0.15, 0.2) is 83.8 Å². The topological polar surface area (TPSA) is 66.5 Å². The summed E-state index contributed by atoms with van der Waals surface area (Å²) in [5.41, 5.74) is 1.35. The van der Waals surface area contributed by atoms with Gasteiger partial charge in [0.1, 0.15) is 12.4 Å². The van der Waals surface area contributed by atoms with Crippen molar-refractivity contribution in [2.24, 2.45) is 0 Å². The number of hydrogen-bond donors (Lipinski definition) is 1. The van der Waals surface area contributed by atoms with E-state index in [1.807, 2.05) is 0 Å². The summed E-state index contributed by atoms with van der Waals surface area (Å²) < 4.78 is 40.5. The molecule has 3 rings (SSSR count). The van der Waals surface area contributed by atoms with Crippen molar-refractivity contribution in [2.75, 3.05) is 23.1 Å². The Morgan fingerprint density at radius 1 is 1.00 bits per heavy atom. The lowest BCUT2D eigenvalue weighted by Crippen LogP contribution is -2.41. The molecule has 0 bridgehead atoms. The molecule has 9 heteroatoms. The van der Waals surface area contributed by atoms with Crippen LogP contribution >= 0.6 is 23.4 Å². The maximum Gasteiger partial charge on any atom is 0.264 e. The van der Waals surface area contributed by atoms with E-state index in [4.69, 9.17) is 11.6 Å². The van der Waals surface area contributed by atoms with Gasteiger partial charge in [0.15, 0.2) is 0 Å². The lowest BCUT2D eigenvalue weighted by atomic mass is 10.2. The van der Waals surface area contributed by atoms with Crippen molar-refractivity contribution in [3.05, 3.63) is 95.3 Å². The summed E-state index contributed by atoms with van der Waals surface area (Å²) in [5.74, 6) is 0.898. The van der Waals surface area contributed by atoms with Crippen molar-refractivity contribution >= 4 is 45.0 Å². The van der Waals surface area contributed by atoms with Crippen LogP contribution in [0, 0.1) is 5.82 Å². The zero-order valence-electron chi connectivity index (χ0n) is 17.8. The van der Waals surface area contributed by atoms with Gasteiger partial charge in [-0.05, 0) is 60.2 Å². The minimum Gasteiger partial charge on any atom is -0.354 e. The van der Waals surface area contributed by atoms with Crippen LogP contribution < -0.4 is 9.62 Å². The zero-order chi connectivity index (χ0) is 23.7. The molecule has 0 aromatic heterocycles. The summed E-state index contributed by atoms with van der Waals surface area (Å²) >= 11 is 7.75. The van der Waals surface area contributed by atoms with Gasteiger partial charge < -0.3 is 5.32 Å². The predicted octanol–water partition coefficient (Wildman–Crippen LogP) is 5.11. The first-order chi connectivity index (χ1) is 15.9. The Morgan fingerprint density at radius 3 is 2.42 bits per heavy atom. The van der Waals surface area contributed by atoms with E-state index >= 15 is 0 Å². The fraction of sp³-hybridized carbons (Fsp3) is 0.208. The molecule has 3 aromatic carbocycles. The maximum absolute atomic E-state index is 13.2. The molecule has 0 spiro atoms. The van der Waals surface area contributed by atoms with Crippen molar-refractivity contribution in [3.8, 4) is 0 Å². The van der Waals surface area contributed by atoms with Crippen LogP contribution in [-0.4, -0.2) is 33.2 Å². The first-order valence-corrected chi connectivity index (χ1v) is 13.3. The van der Waals surface area contributed by atoms with Gasteiger partial charge >= 0.3 is 0 Å². The smallest absolute Gasteiger partial charge is 0.264 e. The number of anilines is 1. The van der Waals surface area contributed by atoms with Crippen LogP contribution in [0.5, 0.6) is 0 Å². The number of amides is 1. The Balaban J connectivity index is 1.56. The molecular formula is C24H24ClFN2O3S2. The number of nitrogens with zero attached hydrogens (tertiary/aromatic N) is 1. The first kappa shape index (κ1) is 25.1. The fourth-order valence-electron chi connectivity index (χ4n) is 3.03. The Labute approximate surface area is 203 Å². The highest BCUT2D eigenvalue weighted by Crippen LogP contribution is 2.26. The second-order valence-corrected chi connectivity index (χ2v) is 10.6. The molecule has 0 fully saturated rings. The summed E-state index contributed by atoms with van der Waals surface area (Å²) in [7, 11) is -3.96. The largest absolute Gasteiger partial charge is 0.354 e. The third kappa shape index (κ3) is 7.48. The summed E-state index contributed by atoms with van der Waals surface area (Å²) in [6, 6.07) is 20.7. The van der Waals surface area contributed by atoms with Gasteiger partial charge in [-0.15, -0.1) is 0 Å². The zero-order valence-corrected chi connectivity index (χ0v) is 20.2. The van der Waals surface area contributed by atoms with Gasteiger partial charge in [0.2, 0.25) is 5.91 Å².